The molecule has 2 heteroatoms. The molecule has 10 aromatic carbocycles. The monoisotopic (exact) mass is 974 g/mol. The Balaban J connectivity index is 1.09. The smallest absolute Gasteiger partial charge is 0.0813 e. The van der Waals surface area contributed by atoms with Crippen LogP contribution in [0.25, 0.3) is 55.6 Å². The zero-order valence-corrected chi connectivity index (χ0v) is 42.0. The van der Waals surface area contributed by atoms with E-state index >= 15 is 0 Å². The molecule has 0 saturated heterocycles. The fourth-order valence-corrected chi connectivity index (χ4v) is 17.3. The molecule has 0 N–H and O–H groups in total. The minimum absolute atomic E-state index is 0.0609. The summed E-state index contributed by atoms with van der Waals surface area (Å²) in [5.74, 6) is 0.122. The van der Waals surface area contributed by atoms with E-state index < -0.39 is 10.8 Å². The number of fused-ring (bicyclic) bond motifs is 12. The Labute approximate surface area is 440 Å². The average Bonchev–Trinajstić information content (AvgIpc) is 4.33. The van der Waals surface area contributed by atoms with Gasteiger partial charge in [-0.2, -0.15) is 0 Å². The number of thiophene rings is 2. The highest BCUT2D eigenvalue weighted by Gasteiger charge is 2.53. The molecule has 12 aromatic rings. The fourth-order valence-electron chi connectivity index (χ4n) is 14.2. The first kappa shape index (κ1) is 42.1. The van der Waals surface area contributed by atoms with Crippen LogP contribution < -0.4 is 0 Å². The summed E-state index contributed by atoms with van der Waals surface area (Å²) in [6.07, 6.45) is 0. The van der Waals surface area contributed by atoms with Crippen LogP contribution in [-0.4, -0.2) is 0 Å². The minimum atomic E-state index is -0.637. The molecule has 74 heavy (non-hydrogen) atoms. The largest absolute Gasteiger partial charge is 0.142 e. The molecule has 4 aliphatic rings. The van der Waals surface area contributed by atoms with Crippen molar-refractivity contribution in [1.82, 2.24) is 0 Å². The Bertz CT molecular complexity index is 3770. The SMILES string of the molecule is c1ccc(C2(c3sc(C4c5ccccc5-c5ccccc54)cc3-c3cc(C4c5ccccc5-c5ccccc54)sc3C3(c4ccccc4)c4ccccc4-c4ccccc43)c3ccccc3-c3ccccc32)cc1. The summed E-state index contributed by atoms with van der Waals surface area (Å²) in [4.78, 5) is 5.44. The summed E-state index contributed by atoms with van der Waals surface area (Å²) in [6.45, 7) is 0. The Morgan fingerprint density at radius 1 is 0.230 bits per heavy atom. The predicted octanol–water partition coefficient (Wildman–Crippen LogP) is 18.5. The van der Waals surface area contributed by atoms with Gasteiger partial charge in [0.15, 0.2) is 0 Å². The Kier molecular flexibility index (Phi) is 9.14. The van der Waals surface area contributed by atoms with Gasteiger partial charge in [0.25, 0.3) is 0 Å². The van der Waals surface area contributed by atoms with Crippen LogP contribution in [0.5, 0.6) is 0 Å². The summed E-state index contributed by atoms with van der Waals surface area (Å²) in [5, 5.41) is 0. The maximum absolute atomic E-state index is 2.66. The second kappa shape index (κ2) is 16.0. The van der Waals surface area contributed by atoms with Gasteiger partial charge in [-0.3, -0.25) is 0 Å². The summed E-state index contributed by atoms with van der Waals surface area (Å²) < 4.78 is 0. The third kappa shape index (κ3) is 5.57. The number of rotatable bonds is 7. The maximum atomic E-state index is 2.66. The molecule has 2 heterocycles. The number of benzene rings is 10. The molecule has 2 aromatic heterocycles. The summed E-state index contributed by atoms with van der Waals surface area (Å²) >= 11 is 4.07. The van der Waals surface area contributed by atoms with Crippen LogP contribution in [0.1, 0.15) is 87.0 Å². The predicted molar refractivity (Wildman–Crippen MR) is 308 cm³/mol. The quantitative estimate of drug-likeness (QED) is 0.149. The van der Waals surface area contributed by atoms with Crippen LogP contribution in [0.4, 0.5) is 0 Å². The summed E-state index contributed by atoms with van der Waals surface area (Å²) in [7, 11) is 0. The molecule has 346 valence electrons. The standard InChI is InChI=1S/C72H46S2/c1-3-23-45(24-4-1)71(61-39-19-15-31-51(61)52-32-16-20-40-62(52)71)69-59(43-65(73-69)67-55-35-11-7-27-47(55)48-28-8-12-36-56(48)67)60-44-66(68-57-37-13-9-29-49(57)50-30-10-14-38-58(50)68)74-70(60)72(46-25-5-2-6-26-46)63-41-21-17-33-53(63)54-34-18-22-42-64(54)72/h1-44,67-68H. The van der Waals surface area contributed by atoms with E-state index in [1.54, 1.807) is 0 Å². The van der Waals surface area contributed by atoms with Crippen molar-refractivity contribution < 1.29 is 0 Å². The van der Waals surface area contributed by atoms with Crippen molar-refractivity contribution in [3.63, 3.8) is 0 Å². The Morgan fingerprint density at radius 3 is 0.770 bits per heavy atom. The highest BCUT2D eigenvalue weighted by atomic mass is 32.1. The molecule has 0 saturated carbocycles. The van der Waals surface area contributed by atoms with Crippen molar-refractivity contribution in [2.24, 2.45) is 0 Å². The molecular formula is C72H46S2. The lowest BCUT2D eigenvalue weighted by Crippen LogP contribution is -2.29. The molecule has 0 nitrogen and oxygen atoms in total. The van der Waals surface area contributed by atoms with Gasteiger partial charge in [0.2, 0.25) is 0 Å². The van der Waals surface area contributed by atoms with Gasteiger partial charge in [0.05, 0.1) is 10.8 Å². The molecule has 4 aliphatic carbocycles. The van der Waals surface area contributed by atoms with E-state index in [0.717, 1.165) is 0 Å². The lowest BCUT2D eigenvalue weighted by molar-refractivity contribution is 0.781. The van der Waals surface area contributed by atoms with E-state index in [2.05, 4.69) is 267 Å². The first-order valence-corrected chi connectivity index (χ1v) is 27.5. The van der Waals surface area contributed by atoms with E-state index in [1.807, 2.05) is 22.7 Å². The van der Waals surface area contributed by atoms with E-state index in [4.69, 9.17) is 0 Å². The Morgan fingerprint density at radius 2 is 0.473 bits per heavy atom. The third-order valence-corrected chi connectivity index (χ3v) is 19.7. The van der Waals surface area contributed by atoms with Crippen molar-refractivity contribution in [3.05, 3.63) is 342 Å². The van der Waals surface area contributed by atoms with Crippen molar-refractivity contribution in [2.45, 2.75) is 22.7 Å². The van der Waals surface area contributed by atoms with Crippen molar-refractivity contribution in [1.29, 1.82) is 0 Å². The first-order valence-electron chi connectivity index (χ1n) is 25.9. The summed E-state index contributed by atoms with van der Waals surface area (Å²) in [6, 6.07) is 102. The normalized spacial score (nSPS) is 14.9. The molecule has 0 radical (unpaired) electrons. The van der Waals surface area contributed by atoms with Crippen LogP contribution in [-0.2, 0) is 10.8 Å². The first-order chi connectivity index (χ1) is 36.7. The zero-order chi connectivity index (χ0) is 48.5. The molecule has 0 amide bonds. The average molecular weight is 975 g/mol. The van der Waals surface area contributed by atoms with Gasteiger partial charge in [0.1, 0.15) is 0 Å². The molecule has 0 aliphatic heterocycles. The van der Waals surface area contributed by atoms with E-state index in [9.17, 15) is 0 Å². The fraction of sp³-hybridized carbons (Fsp3) is 0.0556. The van der Waals surface area contributed by atoms with Gasteiger partial charge in [-0.1, -0.05) is 255 Å². The zero-order valence-electron chi connectivity index (χ0n) is 40.4. The second-order valence-corrected chi connectivity index (χ2v) is 22.6. The van der Waals surface area contributed by atoms with Crippen molar-refractivity contribution in [2.75, 3.05) is 0 Å². The van der Waals surface area contributed by atoms with Crippen LogP contribution in [0.2, 0.25) is 0 Å². The maximum Gasteiger partial charge on any atom is 0.0813 e. The molecule has 0 bridgehead atoms. The molecular weight excluding hydrogens is 929 g/mol. The van der Waals surface area contributed by atoms with Gasteiger partial charge in [0, 0.05) is 31.3 Å². The van der Waals surface area contributed by atoms with Gasteiger partial charge in [-0.25, -0.2) is 0 Å². The van der Waals surface area contributed by atoms with Crippen molar-refractivity contribution in [3.8, 4) is 55.6 Å². The third-order valence-electron chi connectivity index (χ3n) is 17.0. The highest BCUT2D eigenvalue weighted by molar-refractivity contribution is 7.14. The molecule has 0 unspecified atom stereocenters. The van der Waals surface area contributed by atoms with E-state index in [1.165, 1.54) is 131 Å². The van der Waals surface area contributed by atoms with Crippen LogP contribution in [0.15, 0.2) is 267 Å². The Hall–Kier alpha value is -8.40. The molecule has 16 rings (SSSR count). The van der Waals surface area contributed by atoms with Gasteiger partial charge < -0.3 is 0 Å². The molecule has 0 spiro atoms. The van der Waals surface area contributed by atoms with Gasteiger partial charge in [-0.05, 0) is 123 Å². The van der Waals surface area contributed by atoms with Gasteiger partial charge in [-0.15, -0.1) is 22.7 Å². The summed E-state index contributed by atoms with van der Waals surface area (Å²) in [5.41, 5.74) is 25.2. The van der Waals surface area contributed by atoms with E-state index in [0.29, 0.717) is 0 Å². The topological polar surface area (TPSA) is 0 Å². The number of hydrogen-bond acceptors (Lipinski definition) is 2. The minimum Gasteiger partial charge on any atom is -0.142 e. The lowest BCUT2D eigenvalue weighted by Gasteiger charge is -2.35. The van der Waals surface area contributed by atoms with Crippen molar-refractivity contribution >= 4 is 22.7 Å². The van der Waals surface area contributed by atoms with Crippen LogP contribution >= 0.6 is 22.7 Å². The van der Waals surface area contributed by atoms with Crippen LogP contribution in [0.3, 0.4) is 0 Å². The molecule has 0 fully saturated rings. The molecule has 0 atom stereocenters. The van der Waals surface area contributed by atoms with Gasteiger partial charge >= 0.3 is 0 Å². The lowest BCUT2D eigenvalue weighted by atomic mass is 9.67. The second-order valence-electron chi connectivity index (χ2n) is 20.4. The van der Waals surface area contributed by atoms with E-state index in [-0.39, 0.29) is 11.8 Å². The highest BCUT2D eigenvalue weighted by Crippen LogP contribution is 2.66. The number of hydrogen-bond donors (Lipinski definition) is 0. The van der Waals surface area contributed by atoms with Crippen LogP contribution in [0, 0.1) is 0 Å².